The van der Waals surface area contributed by atoms with Crippen molar-refractivity contribution in [3.63, 3.8) is 0 Å². The van der Waals surface area contributed by atoms with Crippen LogP contribution in [0.25, 0.3) is 0 Å². The Hall–Kier alpha value is -1.83. The van der Waals surface area contributed by atoms with E-state index in [1.54, 1.807) is 18.2 Å². The average Bonchev–Trinajstić information content (AvgIpc) is 3.00. The lowest BCUT2D eigenvalue weighted by Gasteiger charge is -2.08. The van der Waals surface area contributed by atoms with Crippen LogP contribution in [0.3, 0.4) is 0 Å². The van der Waals surface area contributed by atoms with Crippen LogP contribution in [-0.4, -0.2) is 21.6 Å². The topological polar surface area (TPSA) is 94.6 Å². The maximum Gasteiger partial charge on any atom is 0.240 e. The monoisotopic (exact) mass is 310 g/mol. The molecule has 114 valence electrons. The minimum atomic E-state index is -3.55. The van der Waals surface area contributed by atoms with E-state index in [1.165, 1.54) is 24.7 Å². The van der Waals surface area contributed by atoms with E-state index < -0.39 is 10.0 Å². The Morgan fingerprint density at radius 3 is 2.57 bits per heavy atom. The van der Waals surface area contributed by atoms with E-state index in [-0.39, 0.29) is 11.4 Å². The van der Waals surface area contributed by atoms with Gasteiger partial charge in [-0.2, -0.15) is 0 Å². The molecule has 0 spiro atoms. The molecule has 0 aliphatic carbocycles. The Morgan fingerprint density at radius 1 is 1.19 bits per heavy atom. The molecule has 0 atom stereocenters. The summed E-state index contributed by atoms with van der Waals surface area (Å²) in [6, 6.07) is 7.98. The number of ether oxygens (including phenoxy) is 1. The van der Waals surface area contributed by atoms with Crippen LogP contribution >= 0.6 is 0 Å². The van der Waals surface area contributed by atoms with Crippen molar-refractivity contribution < 1.29 is 17.6 Å². The number of nitrogens with two attached hydrogens (primary N) is 1. The molecule has 1 aromatic heterocycles. The third kappa shape index (κ3) is 4.59. The average molecular weight is 310 g/mol. The third-order valence-corrected chi connectivity index (χ3v) is 4.21. The molecular weight excluding hydrogens is 292 g/mol. The highest BCUT2D eigenvalue weighted by Gasteiger charge is 2.13. The van der Waals surface area contributed by atoms with Crippen LogP contribution in [0.4, 0.5) is 0 Å². The third-order valence-electron chi connectivity index (χ3n) is 2.80. The number of hydrogen-bond acceptors (Lipinski definition) is 5. The van der Waals surface area contributed by atoms with Crippen molar-refractivity contribution in [1.29, 1.82) is 0 Å². The summed E-state index contributed by atoms with van der Waals surface area (Å²) >= 11 is 0. The van der Waals surface area contributed by atoms with Crippen LogP contribution in [0, 0.1) is 0 Å². The van der Waals surface area contributed by atoms with Crippen LogP contribution in [-0.2, 0) is 16.6 Å². The number of rotatable bonds is 8. The molecule has 3 N–H and O–H groups in total. The fraction of sp³-hybridized carbons (Fsp3) is 0.286. The zero-order valence-electron chi connectivity index (χ0n) is 11.5. The number of nitrogens with one attached hydrogen (secondary N) is 1. The molecule has 2 aromatic rings. The van der Waals surface area contributed by atoms with Crippen LogP contribution in [0.1, 0.15) is 12.0 Å². The minimum absolute atomic E-state index is 0.188. The van der Waals surface area contributed by atoms with Crippen molar-refractivity contribution in [2.24, 2.45) is 5.73 Å². The van der Waals surface area contributed by atoms with Crippen molar-refractivity contribution in [1.82, 2.24) is 4.72 Å². The highest BCUT2D eigenvalue weighted by atomic mass is 32.2. The summed E-state index contributed by atoms with van der Waals surface area (Å²) in [5.74, 6) is 0.622. The molecule has 0 aliphatic heterocycles. The lowest BCUT2D eigenvalue weighted by molar-refractivity contribution is 0.313. The number of sulfonamides is 1. The summed E-state index contributed by atoms with van der Waals surface area (Å²) in [6.07, 6.45) is 3.75. The van der Waals surface area contributed by atoms with E-state index in [0.29, 0.717) is 18.9 Å². The molecule has 2 rings (SSSR count). The molecule has 7 heteroatoms. The Morgan fingerprint density at radius 2 is 1.95 bits per heavy atom. The number of benzene rings is 1. The molecule has 0 unspecified atom stereocenters. The second kappa shape index (κ2) is 7.26. The predicted molar refractivity (Wildman–Crippen MR) is 78.3 cm³/mol. The fourth-order valence-electron chi connectivity index (χ4n) is 1.64. The van der Waals surface area contributed by atoms with Gasteiger partial charge in [-0.25, -0.2) is 13.1 Å². The molecule has 1 aromatic carbocycles. The Bertz CT molecular complexity index is 636. The van der Waals surface area contributed by atoms with Crippen molar-refractivity contribution in [3.8, 4) is 5.75 Å². The van der Waals surface area contributed by atoms with Gasteiger partial charge in [0, 0.05) is 12.1 Å². The van der Waals surface area contributed by atoms with Gasteiger partial charge in [-0.15, -0.1) is 0 Å². The van der Waals surface area contributed by atoms with E-state index in [0.717, 1.165) is 12.0 Å². The van der Waals surface area contributed by atoms with E-state index in [2.05, 4.69) is 4.72 Å². The smallest absolute Gasteiger partial charge is 0.240 e. The van der Waals surface area contributed by atoms with Gasteiger partial charge in [-0.1, -0.05) is 0 Å². The van der Waals surface area contributed by atoms with Crippen LogP contribution in [0.2, 0.25) is 0 Å². The molecule has 6 nitrogen and oxygen atoms in total. The largest absolute Gasteiger partial charge is 0.494 e. The molecule has 1 heterocycles. The molecule has 0 aliphatic rings. The zero-order chi connectivity index (χ0) is 15.1. The van der Waals surface area contributed by atoms with Crippen molar-refractivity contribution in [2.75, 3.05) is 13.2 Å². The van der Waals surface area contributed by atoms with Gasteiger partial charge in [0.25, 0.3) is 0 Å². The first-order chi connectivity index (χ1) is 10.1. The van der Waals surface area contributed by atoms with E-state index in [1.807, 2.05) is 0 Å². The maximum atomic E-state index is 12.1. The van der Waals surface area contributed by atoms with Crippen LogP contribution < -0.4 is 15.2 Å². The molecule has 0 saturated carbocycles. The van der Waals surface area contributed by atoms with Crippen molar-refractivity contribution in [2.45, 2.75) is 17.9 Å². The van der Waals surface area contributed by atoms with Gasteiger partial charge in [0.1, 0.15) is 5.75 Å². The van der Waals surface area contributed by atoms with Crippen molar-refractivity contribution in [3.05, 3.63) is 48.4 Å². The van der Waals surface area contributed by atoms with Crippen LogP contribution in [0.15, 0.2) is 52.2 Å². The van der Waals surface area contributed by atoms with Gasteiger partial charge in [-0.05, 0) is 43.3 Å². The predicted octanol–water partition coefficient (Wildman–Crippen LogP) is 1.49. The highest BCUT2D eigenvalue weighted by Crippen LogP contribution is 2.16. The summed E-state index contributed by atoms with van der Waals surface area (Å²) in [5.41, 5.74) is 6.14. The standard InChI is InChI=1S/C14H18N2O4S/c15-7-1-8-20-13-2-4-14(5-3-13)21(17,18)16-10-12-6-9-19-11-12/h2-6,9,11,16H,1,7-8,10,15H2. The van der Waals surface area contributed by atoms with Gasteiger partial charge in [0.2, 0.25) is 10.0 Å². The molecule has 0 bridgehead atoms. The van der Waals surface area contributed by atoms with Gasteiger partial charge < -0.3 is 14.9 Å². The zero-order valence-corrected chi connectivity index (χ0v) is 12.3. The molecule has 0 saturated heterocycles. The SMILES string of the molecule is NCCCOc1ccc(S(=O)(=O)NCc2ccoc2)cc1. The first-order valence-electron chi connectivity index (χ1n) is 6.55. The molecular formula is C14H18N2O4S. The molecule has 21 heavy (non-hydrogen) atoms. The summed E-state index contributed by atoms with van der Waals surface area (Å²) in [7, 11) is -3.55. The summed E-state index contributed by atoms with van der Waals surface area (Å²) < 4.78 is 37.0. The summed E-state index contributed by atoms with van der Waals surface area (Å²) in [4.78, 5) is 0.192. The summed E-state index contributed by atoms with van der Waals surface area (Å²) in [6.45, 7) is 1.26. The number of hydrogen-bond donors (Lipinski definition) is 2. The van der Waals surface area contributed by atoms with Gasteiger partial charge in [0.05, 0.1) is 24.0 Å². The first-order valence-corrected chi connectivity index (χ1v) is 8.04. The number of furan rings is 1. The quantitative estimate of drug-likeness (QED) is 0.720. The van der Waals surface area contributed by atoms with E-state index >= 15 is 0 Å². The fourth-order valence-corrected chi connectivity index (χ4v) is 2.66. The summed E-state index contributed by atoms with van der Waals surface area (Å²) in [5, 5.41) is 0. The van der Waals surface area contributed by atoms with Crippen molar-refractivity contribution >= 4 is 10.0 Å². The lowest BCUT2D eigenvalue weighted by atomic mass is 10.3. The second-order valence-corrected chi connectivity index (χ2v) is 6.19. The normalized spacial score (nSPS) is 11.5. The maximum absolute atomic E-state index is 12.1. The van der Waals surface area contributed by atoms with E-state index in [4.69, 9.17) is 14.9 Å². The van der Waals surface area contributed by atoms with Gasteiger partial charge in [0.15, 0.2) is 0 Å². The van der Waals surface area contributed by atoms with Gasteiger partial charge >= 0.3 is 0 Å². The second-order valence-electron chi connectivity index (χ2n) is 4.42. The minimum Gasteiger partial charge on any atom is -0.494 e. The Balaban J connectivity index is 1.96. The highest BCUT2D eigenvalue weighted by molar-refractivity contribution is 7.89. The molecule has 0 amide bonds. The van der Waals surface area contributed by atoms with Gasteiger partial charge in [-0.3, -0.25) is 0 Å². The Labute approximate surface area is 124 Å². The molecule has 0 fully saturated rings. The first kappa shape index (κ1) is 15.6. The van der Waals surface area contributed by atoms with Crippen LogP contribution in [0.5, 0.6) is 5.75 Å². The molecule has 0 radical (unpaired) electrons. The lowest BCUT2D eigenvalue weighted by Crippen LogP contribution is -2.22. The Kier molecular flexibility index (Phi) is 5.38. The van der Waals surface area contributed by atoms with E-state index in [9.17, 15) is 8.42 Å².